The van der Waals surface area contributed by atoms with Crippen LogP contribution in [0.25, 0.3) is 10.8 Å². The molecule has 0 spiro atoms. The molecule has 2 heterocycles. The first kappa shape index (κ1) is 32.8. The molecule has 3 aromatic carbocycles. The lowest BCUT2D eigenvalue weighted by molar-refractivity contribution is -0.133. The third kappa shape index (κ3) is 6.54. The molecule has 1 aliphatic rings. The lowest BCUT2D eigenvalue weighted by atomic mass is 10.0. The van der Waals surface area contributed by atoms with Crippen LogP contribution in [0.3, 0.4) is 0 Å². The fraction of sp³-hybridized carbons (Fsp3) is 0.303. The van der Waals surface area contributed by atoms with E-state index in [2.05, 4.69) is 15.6 Å². The first-order chi connectivity index (χ1) is 21.9. The van der Waals surface area contributed by atoms with E-state index in [0.717, 1.165) is 10.8 Å². The van der Waals surface area contributed by atoms with E-state index in [0.29, 0.717) is 58.5 Å². The molecular formula is C33H36ClN5O6S. The van der Waals surface area contributed by atoms with Gasteiger partial charge in [-0.25, -0.2) is 18.2 Å². The van der Waals surface area contributed by atoms with E-state index < -0.39 is 33.3 Å². The molecule has 1 aliphatic heterocycles. The standard InChI is InChI=1S/C33H36ClN5O6S/c1-19(2)46(42,43)29-12-9-23(38-33(41)45-4)18-25(29)27-6-5-15-39(27)32(40)30(21-7-11-26(34)28(17-21)44-3)37-22-8-10-24-20(16-22)13-14-36-31(24)35/h7-14,16-19,27,30,37H,5-6,15H2,1-4H3,(H2,35,36)(H,38,41)/t27-,30-/m1/s1. The van der Waals surface area contributed by atoms with Gasteiger partial charge in [0, 0.05) is 29.5 Å². The number of halogens is 1. The Morgan fingerprint density at radius 2 is 1.80 bits per heavy atom. The third-order valence-corrected chi connectivity index (χ3v) is 10.7. The summed E-state index contributed by atoms with van der Waals surface area (Å²) in [7, 11) is -1.01. The minimum absolute atomic E-state index is 0.112. The Morgan fingerprint density at radius 1 is 1.04 bits per heavy atom. The number of likely N-dealkylation sites (tertiary alicyclic amines) is 1. The minimum Gasteiger partial charge on any atom is -0.495 e. The van der Waals surface area contributed by atoms with Crippen molar-refractivity contribution in [2.24, 2.45) is 0 Å². The van der Waals surface area contributed by atoms with E-state index in [1.54, 1.807) is 49.2 Å². The number of nitrogen functional groups attached to an aromatic ring is 1. The highest BCUT2D eigenvalue weighted by molar-refractivity contribution is 7.92. The van der Waals surface area contributed by atoms with Gasteiger partial charge in [0.05, 0.1) is 35.4 Å². The molecule has 46 heavy (non-hydrogen) atoms. The van der Waals surface area contributed by atoms with Gasteiger partial charge < -0.3 is 25.4 Å². The maximum Gasteiger partial charge on any atom is 0.411 e. The molecule has 4 aromatic rings. The van der Waals surface area contributed by atoms with Crippen LogP contribution in [0.2, 0.25) is 5.02 Å². The summed E-state index contributed by atoms with van der Waals surface area (Å²) in [4.78, 5) is 32.6. The van der Waals surface area contributed by atoms with Crippen molar-refractivity contribution in [2.75, 3.05) is 37.1 Å². The van der Waals surface area contributed by atoms with Crippen molar-refractivity contribution in [2.45, 2.75) is 48.9 Å². The lowest BCUT2D eigenvalue weighted by Gasteiger charge is -2.32. The number of fused-ring (bicyclic) bond motifs is 1. The van der Waals surface area contributed by atoms with Crippen molar-refractivity contribution in [1.82, 2.24) is 9.88 Å². The molecule has 1 aromatic heterocycles. The molecule has 4 N–H and O–H groups in total. The predicted octanol–water partition coefficient (Wildman–Crippen LogP) is 6.36. The van der Waals surface area contributed by atoms with E-state index >= 15 is 0 Å². The number of hydrogen-bond acceptors (Lipinski definition) is 9. The quantitative estimate of drug-likeness (QED) is 0.185. The topological polar surface area (TPSA) is 153 Å². The first-order valence-electron chi connectivity index (χ1n) is 14.7. The number of benzene rings is 3. The number of sulfone groups is 1. The Hall–Kier alpha value is -4.55. The van der Waals surface area contributed by atoms with Gasteiger partial charge in [-0.05, 0) is 97.8 Å². The summed E-state index contributed by atoms with van der Waals surface area (Å²) in [6.07, 6.45) is 2.09. The molecule has 0 bridgehead atoms. The molecule has 0 unspecified atom stereocenters. The lowest BCUT2D eigenvalue weighted by Crippen LogP contribution is -2.38. The van der Waals surface area contributed by atoms with E-state index in [-0.39, 0.29) is 10.8 Å². The maximum atomic E-state index is 14.7. The second kappa shape index (κ2) is 13.4. The molecule has 5 rings (SSSR count). The van der Waals surface area contributed by atoms with Crippen molar-refractivity contribution in [3.8, 4) is 5.75 Å². The normalized spacial score (nSPS) is 15.5. The van der Waals surface area contributed by atoms with Gasteiger partial charge in [0.25, 0.3) is 0 Å². The van der Waals surface area contributed by atoms with Crippen molar-refractivity contribution >= 4 is 61.4 Å². The minimum atomic E-state index is -3.75. The van der Waals surface area contributed by atoms with Crippen LogP contribution in [-0.2, 0) is 19.4 Å². The van der Waals surface area contributed by atoms with Crippen LogP contribution in [-0.4, -0.2) is 56.3 Å². The van der Waals surface area contributed by atoms with E-state index in [1.165, 1.54) is 26.4 Å². The van der Waals surface area contributed by atoms with E-state index in [9.17, 15) is 18.0 Å². The fourth-order valence-corrected chi connectivity index (χ4v) is 7.17. The third-order valence-electron chi connectivity index (χ3n) is 8.13. The Labute approximate surface area is 272 Å². The van der Waals surface area contributed by atoms with E-state index in [4.69, 9.17) is 26.8 Å². The smallest absolute Gasteiger partial charge is 0.411 e. The molecule has 2 amide bonds. The zero-order chi connectivity index (χ0) is 33.2. The molecule has 0 saturated carbocycles. The van der Waals surface area contributed by atoms with Gasteiger partial charge in [-0.1, -0.05) is 17.7 Å². The molecule has 242 valence electrons. The summed E-state index contributed by atoms with van der Waals surface area (Å²) in [5.74, 6) is 0.525. The molecule has 11 nitrogen and oxygen atoms in total. The summed E-state index contributed by atoms with van der Waals surface area (Å²) < 4.78 is 37.3. The zero-order valence-electron chi connectivity index (χ0n) is 25.9. The molecule has 0 aliphatic carbocycles. The summed E-state index contributed by atoms with van der Waals surface area (Å²) in [5, 5.41) is 7.32. The SMILES string of the molecule is COC(=O)Nc1ccc(S(=O)(=O)C(C)C)c([C@H]2CCCN2C(=O)[C@H](Nc2ccc3c(N)nccc3c2)c2ccc(Cl)c(OC)c2)c1. The number of nitrogens with one attached hydrogen (secondary N) is 2. The van der Waals surface area contributed by atoms with Gasteiger partial charge >= 0.3 is 6.09 Å². The zero-order valence-corrected chi connectivity index (χ0v) is 27.5. The first-order valence-corrected chi connectivity index (χ1v) is 16.6. The molecule has 2 atom stereocenters. The van der Waals surface area contributed by atoms with Crippen molar-refractivity contribution in [3.63, 3.8) is 0 Å². The number of anilines is 3. The predicted molar refractivity (Wildman–Crippen MR) is 179 cm³/mol. The van der Waals surface area contributed by atoms with Crippen LogP contribution in [0.5, 0.6) is 5.75 Å². The van der Waals surface area contributed by atoms with Gasteiger partial charge in [-0.2, -0.15) is 0 Å². The highest BCUT2D eigenvalue weighted by Gasteiger charge is 2.38. The number of carbonyl (C=O) groups excluding carboxylic acids is 2. The molecule has 1 saturated heterocycles. The molecule has 1 fully saturated rings. The van der Waals surface area contributed by atoms with Gasteiger partial charge in [-0.3, -0.25) is 10.1 Å². The Morgan fingerprint density at radius 3 is 2.52 bits per heavy atom. The number of ether oxygens (including phenoxy) is 2. The number of methoxy groups -OCH3 is 2. The number of amides is 2. The van der Waals surface area contributed by atoms with Crippen molar-refractivity contribution in [3.05, 3.63) is 83.0 Å². The van der Waals surface area contributed by atoms with Crippen LogP contribution in [0, 0.1) is 0 Å². The van der Waals surface area contributed by atoms with Gasteiger partial charge in [-0.15, -0.1) is 0 Å². The second-order valence-electron chi connectivity index (χ2n) is 11.3. The van der Waals surface area contributed by atoms with Crippen LogP contribution in [0.15, 0.2) is 71.8 Å². The maximum absolute atomic E-state index is 14.7. The van der Waals surface area contributed by atoms with Crippen LogP contribution in [0.1, 0.15) is 49.9 Å². The molecule has 13 heteroatoms. The summed E-state index contributed by atoms with van der Waals surface area (Å²) in [6, 6.07) is 15.6. The average molecular weight is 666 g/mol. The highest BCUT2D eigenvalue weighted by Crippen LogP contribution is 2.41. The van der Waals surface area contributed by atoms with Crippen molar-refractivity contribution in [1.29, 1.82) is 0 Å². The number of carbonyl (C=O) groups is 2. The Kier molecular flexibility index (Phi) is 9.59. The largest absolute Gasteiger partial charge is 0.495 e. The van der Waals surface area contributed by atoms with Gasteiger partial charge in [0.15, 0.2) is 9.84 Å². The second-order valence-corrected chi connectivity index (χ2v) is 14.1. The number of rotatable bonds is 9. The van der Waals surface area contributed by atoms with Crippen LogP contribution in [0.4, 0.5) is 22.0 Å². The summed E-state index contributed by atoms with van der Waals surface area (Å²) >= 11 is 6.34. The number of pyridine rings is 1. The Bertz CT molecular complexity index is 1900. The monoisotopic (exact) mass is 665 g/mol. The number of aromatic nitrogens is 1. The van der Waals surface area contributed by atoms with Gasteiger partial charge in [0.2, 0.25) is 5.91 Å². The number of nitrogens with two attached hydrogens (primary N) is 1. The van der Waals surface area contributed by atoms with Crippen molar-refractivity contribution < 1.29 is 27.5 Å². The summed E-state index contributed by atoms with van der Waals surface area (Å²) in [6.45, 7) is 3.61. The Balaban J connectivity index is 1.59. The number of hydrogen-bond donors (Lipinski definition) is 3. The van der Waals surface area contributed by atoms with E-state index in [1.807, 2.05) is 24.3 Å². The highest BCUT2D eigenvalue weighted by atomic mass is 35.5. The van der Waals surface area contributed by atoms with Crippen LogP contribution < -0.4 is 21.1 Å². The number of nitrogens with zero attached hydrogens (tertiary/aromatic N) is 2. The summed E-state index contributed by atoms with van der Waals surface area (Å²) in [5.41, 5.74) is 8.10. The molecule has 0 radical (unpaired) electrons. The van der Waals surface area contributed by atoms with Gasteiger partial charge in [0.1, 0.15) is 17.6 Å². The average Bonchev–Trinajstić information content (AvgIpc) is 3.53. The van der Waals surface area contributed by atoms with Crippen LogP contribution >= 0.6 is 11.6 Å². The fourth-order valence-electron chi connectivity index (χ4n) is 5.69. The molecular weight excluding hydrogens is 630 g/mol.